The van der Waals surface area contributed by atoms with Gasteiger partial charge in [-0.3, -0.25) is 0 Å². The van der Waals surface area contributed by atoms with Crippen molar-refractivity contribution in [2.24, 2.45) is 11.7 Å². The molecule has 108 valence electrons. The summed E-state index contributed by atoms with van der Waals surface area (Å²) in [5.74, 6) is 0.574. The molecule has 0 aliphatic carbocycles. The van der Waals surface area contributed by atoms with Crippen LogP contribution in [0.3, 0.4) is 0 Å². The van der Waals surface area contributed by atoms with Gasteiger partial charge < -0.3 is 10.3 Å². The Labute approximate surface area is 114 Å². The van der Waals surface area contributed by atoms with E-state index >= 15 is 0 Å². The van der Waals surface area contributed by atoms with E-state index in [1.54, 1.807) is 13.8 Å². The van der Waals surface area contributed by atoms with Crippen LogP contribution in [0.4, 0.5) is 0 Å². The average Bonchev–Trinajstić information content (AvgIpc) is 2.85. The molecule has 6 nitrogen and oxygen atoms in total. The summed E-state index contributed by atoms with van der Waals surface area (Å²) in [6.45, 7) is 6.20. The topological polar surface area (TPSA) is 89.4 Å². The van der Waals surface area contributed by atoms with E-state index in [4.69, 9.17) is 10.3 Å². The Morgan fingerprint density at radius 2 is 2.11 bits per heavy atom. The molecule has 0 spiro atoms. The summed E-state index contributed by atoms with van der Waals surface area (Å²) in [5.41, 5.74) is 6.44. The highest BCUT2D eigenvalue weighted by atomic mass is 32.2. The second kappa shape index (κ2) is 5.22. The van der Waals surface area contributed by atoms with Gasteiger partial charge in [-0.15, -0.1) is 0 Å². The van der Waals surface area contributed by atoms with Gasteiger partial charge in [-0.05, 0) is 26.2 Å². The van der Waals surface area contributed by atoms with Gasteiger partial charge in [0.15, 0.2) is 5.76 Å². The molecule has 2 heterocycles. The van der Waals surface area contributed by atoms with Crippen LogP contribution in [0.2, 0.25) is 0 Å². The minimum atomic E-state index is -3.54. The van der Waals surface area contributed by atoms with Crippen LogP contribution in [-0.2, 0) is 10.0 Å². The van der Waals surface area contributed by atoms with Crippen LogP contribution >= 0.6 is 0 Å². The molecule has 0 amide bonds. The summed E-state index contributed by atoms with van der Waals surface area (Å²) < 4.78 is 31.6. The summed E-state index contributed by atoms with van der Waals surface area (Å²) in [5, 5.41) is 3.72. The van der Waals surface area contributed by atoms with Crippen LogP contribution < -0.4 is 5.73 Å². The van der Waals surface area contributed by atoms with Gasteiger partial charge in [-0.2, -0.15) is 4.31 Å². The molecule has 1 fully saturated rings. The minimum Gasteiger partial charge on any atom is -0.360 e. The van der Waals surface area contributed by atoms with Crippen LogP contribution in [0, 0.1) is 19.8 Å². The standard InChI is InChI=1S/C12H21N3O3S/c1-4-5-10-6-15(7-11(10)13)19(16,17)12-8(2)14-18-9(12)3/h10-11H,4-7,13H2,1-3H3. The van der Waals surface area contributed by atoms with E-state index in [9.17, 15) is 8.42 Å². The molecule has 2 atom stereocenters. The van der Waals surface area contributed by atoms with Crippen LogP contribution in [0.15, 0.2) is 9.42 Å². The molecule has 1 saturated heterocycles. The number of aromatic nitrogens is 1. The van der Waals surface area contributed by atoms with Crippen molar-refractivity contribution in [1.82, 2.24) is 9.46 Å². The Morgan fingerprint density at radius 1 is 1.42 bits per heavy atom. The van der Waals surface area contributed by atoms with E-state index < -0.39 is 10.0 Å². The first-order valence-corrected chi connectivity index (χ1v) is 8.00. The summed E-state index contributed by atoms with van der Waals surface area (Å²) in [6, 6.07) is -0.0878. The zero-order valence-corrected chi connectivity index (χ0v) is 12.4. The SMILES string of the molecule is CCCC1CN(S(=O)(=O)c2c(C)noc2C)CC1N. The van der Waals surface area contributed by atoms with Gasteiger partial charge in [0.05, 0.1) is 0 Å². The molecule has 2 rings (SSSR count). The number of nitrogens with two attached hydrogens (primary N) is 1. The maximum atomic E-state index is 12.6. The molecule has 1 aromatic heterocycles. The van der Waals surface area contributed by atoms with Crippen molar-refractivity contribution in [3.8, 4) is 0 Å². The van der Waals surface area contributed by atoms with Crippen LogP contribution in [-0.4, -0.2) is 37.0 Å². The summed E-state index contributed by atoms with van der Waals surface area (Å²) in [6.07, 6.45) is 1.96. The Balaban J connectivity index is 2.28. The number of rotatable bonds is 4. The van der Waals surface area contributed by atoms with Crippen molar-refractivity contribution >= 4 is 10.0 Å². The molecule has 2 unspecified atom stereocenters. The molecule has 1 aliphatic rings. The van der Waals surface area contributed by atoms with Crippen molar-refractivity contribution in [2.75, 3.05) is 13.1 Å². The zero-order chi connectivity index (χ0) is 14.2. The van der Waals surface area contributed by atoms with Gasteiger partial charge in [-0.1, -0.05) is 18.5 Å². The number of sulfonamides is 1. The first kappa shape index (κ1) is 14.5. The summed E-state index contributed by atoms with van der Waals surface area (Å²) in [7, 11) is -3.54. The average molecular weight is 287 g/mol. The van der Waals surface area contributed by atoms with Gasteiger partial charge in [0.25, 0.3) is 0 Å². The normalized spacial score (nSPS) is 25.1. The first-order valence-electron chi connectivity index (χ1n) is 6.56. The largest absolute Gasteiger partial charge is 0.360 e. The van der Waals surface area contributed by atoms with Gasteiger partial charge in [-0.25, -0.2) is 8.42 Å². The van der Waals surface area contributed by atoms with Crippen molar-refractivity contribution in [2.45, 2.75) is 44.6 Å². The predicted molar refractivity (Wildman–Crippen MR) is 71.1 cm³/mol. The molecule has 0 radical (unpaired) electrons. The van der Waals surface area contributed by atoms with E-state index in [1.165, 1.54) is 4.31 Å². The lowest BCUT2D eigenvalue weighted by molar-refractivity contribution is 0.389. The molecule has 2 N–H and O–H groups in total. The second-order valence-electron chi connectivity index (χ2n) is 5.19. The Hall–Kier alpha value is -0.920. The van der Waals surface area contributed by atoms with E-state index in [0.29, 0.717) is 24.5 Å². The fourth-order valence-corrected chi connectivity index (χ4v) is 4.53. The molecule has 7 heteroatoms. The van der Waals surface area contributed by atoms with E-state index in [2.05, 4.69) is 12.1 Å². The third-order valence-corrected chi connectivity index (χ3v) is 5.76. The number of nitrogens with zero attached hydrogens (tertiary/aromatic N) is 2. The number of hydrogen-bond donors (Lipinski definition) is 1. The third kappa shape index (κ3) is 2.54. The third-order valence-electron chi connectivity index (χ3n) is 3.68. The lowest BCUT2D eigenvalue weighted by atomic mass is 9.99. The molecule has 1 aliphatic heterocycles. The highest BCUT2D eigenvalue weighted by molar-refractivity contribution is 7.89. The molecular formula is C12H21N3O3S. The summed E-state index contributed by atoms with van der Waals surface area (Å²) in [4.78, 5) is 0.192. The quantitative estimate of drug-likeness (QED) is 0.893. The van der Waals surface area contributed by atoms with Crippen LogP contribution in [0.5, 0.6) is 0 Å². The lowest BCUT2D eigenvalue weighted by Crippen LogP contribution is -2.32. The van der Waals surface area contributed by atoms with E-state index in [1.807, 2.05) is 0 Å². The van der Waals surface area contributed by atoms with E-state index in [-0.39, 0.29) is 16.9 Å². The van der Waals surface area contributed by atoms with Crippen molar-refractivity contribution in [1.29, 1.82) is 0 Å². The zero-order valence-electron chi connectivity index (χ0n) is 11.6. The van der Waals surface area contributed by atoms with Gasteiger partial charge in [0.2, 0.25) is 10.0 Å². The maximum Gasteiger partial charge on any atom is 0.248 e. The van der Waals surface area contributed by atoms with Gasteiger partial charge in [0.1, 0.15) is 10.6 Å². The smallest absolute Gasteiger partial charge is 0.248 e. The van der Waals surface area contributed by atoms with Crippen molar-refractivity contribution < 1.29 is 12.9 Å². The monoisotopic (exact) mass is 287 g/mol. The minimum absolute atomic E-state index is 0.0878. The van der Waals surface area contributed by atoms with Crippen molar-refractivity contribution in [3.63, 3.8) is 0 Å². The molecule has 1 aromatic rings. The molecule has 0 bridgehead atoms. The maximum absolute atomic E-state index is 12.6. The van der Waals surface area contributed by atoms with Crippen molar-refractivity contribution in [3.05, 3.63) is 11.5 Å². The Morgan fingerprint density at radius 3 is 2.63 bits per heavy atom. The highest BCUT2D eigenvalue weighted by Crippen LogP contribution is 2.29. The fraction of sp³-hybridized carbons (Fsp3) is 0.750. The van der Waals surface area contributed by atoms with Crippen LogP contribution in [0.25, 0.3) is 0 Å². The Kier molecular flexibility index (Phi) is 3.98. The highest BCUT2D eigenvalue weighted by Gasteiger charge is 2.39. The lowest BCUT2D eigenvalue weighted by Gasteiger charge is -2.15. The van der Waals surface area contributed by atoms with Crippen LogP contribution in [0.1, 0.15) is 31.2 Å². The fourth-order valence-electron chi connectivity index (χ4n) is 2.70. The first-order chi connectivity index (χ1) is 8.87. The second-order valence-corrected chi connectivity index (χ2v) is 7.06. The summed E-state index contributed by atoms with van der Waals surface area (Å²) >= 11 is 0. The van der Waals surface area contributed by atoms with Gasteiger partial charge >= 0.3 is 0 Å². The molecule has 19 heavy (non-hydrogen) atoms. The molecular weight excluding hydrogens is 266 g/mol. The van der Waals surface area contributed by atoms with E-state index in [0.717, 1.165) is 12.8 Å². The molecule has 0 aromatic carbocycles. The predicted octanol–water partition coefficient (Wildman–Crippen LogP) is 1.04. The van der Waals surface area contributed by atoms with Gasteiger partial charge in [0, 0.05) is 19.1 Å². The number of aryl methyl sites for hydroxylation is 2. The molecule has 0 saturated carbocycles. The Bertz CT molecular complexity index is 533. The number of hydrogen-bond acceptors (Lipinski definition) is 5.